The molecule has 0 spiro atoms. The molecule has 0 aliphatic carbocycles. The smallest absolute Gasteiger partial charge is 0.385 e. The van der Waals surface area contributed by atoms with Gasteiger partial charge in [-0.1, -0.05) is 23.7 Å². The van der Waals surface area contributed by atoms with Gasteiger partial charge in [0.25, 0.3) is 0 Å². The molecule has 0 unspecified atom stereocenters. The van der Waals surface area contributed by atoms with Gasteiger partial charge in [0, 0.05) is 17.4 Å². The summed E-state index contributed by atoms with van der Waals surface area (Å²) in [6, 6.07) is 9.57. The van der Waals surface area contributed by atoms with E-state index < -0.39 is 30.6 Å². The third-order valence-electron chi connectivity index (χ3n) is 5.17. The van der Waals surface area contributed by atoms with Crippen molar-refractivity contribution in [3.05, 3.63) is 82.1 Å². The molecular formula is C22H20ClF3N6O3. The van der Waals surface area contributed by atoms with E-state index in [0.717, 1.165) is 9.13 Å². The minimum Gasteiger partial charge on any atom is -0.385 e. The SMILES string of the molecule is C[C@H](O)c1nc(Cn2cc(-c3ccc(Cl)cc3)n(C[C@H](O)C(F)(F)F)c2=O)nn1-c1cccnc1. The summed E-state index contributed by atoms with van der Waals surface area (Å²) in [6.07, 6.45) is -4.20. The van der Waals surface area contributed by atoms with E-state index in [0.29, 0.717) is 16.3 Å². The Balaban J connectivity index is 1.76. The zero-order valence-corrected chi connectivity index (χ0v) is 19.0. The highest BCUT2D eigenvalue weighted by atomic mass is 35.5. The molecule has 2 N–H and O–H groups in total. The quantitative estimate of drug-likeness (QED) is 0.397. The predicted octanol–water partition coefficient (Wildman–Crippen LogP) is 2.97. The van der Waals surface area contributed by atoms with Gasteiger partial charge in [-0.05, 0) is 36.8 Å². The minimum absolute atomic E-state index is 0.142. The summed E-state index contributed by atoms with van der Waals surface area (Å²) in [6.45, 7) is 0.311. The van der Waals surface area contributed by atoms with Crippen molar-refractivity contribution in [3.8, 4) is 16.9 Å². The average molecular weight is 509 g/mol. The molecule has 1 aromatic carbocycles. The molecule has 0 amide bonds. The number of aliphatic hydroxyl groups excluding tert-OH is 2. The zero-order valence-electron chi connectivity index (χ0n) is 18.3. The Morgan fingerprint density at radius 1 is 1.14 bits per heavy atom. The summed E-state index contributed by atoms with van der Waals surface area (Å²) in [5.41, 5.74) is 0.312. The monoisotopic (exact) mass is 508 g/mol. The van der Waals surface area contributed by atoms with Crippen molar-refractivity contribution in [1.29, 1.82) is 0 Å². The third kappa shape index (κ3) is 5.29. The number of pyridine rings is 1. The van der Waals surface area contributed by atoms with E-state index in [4.69, 9.17) is 11.6 Å². The minimum atomic E-state index is -4.91. The maximum absolute atomic E-state index is 13.1. The highest BCUT2D eigenvalue weighted by Crippen LogP contribution is 2.25. The number of halogens is 4. The molecule has 4 aromatic rings. The Hall–Kier alpha value is -3.48. The number of hydrogen-bond acceptors (Lipinski definition) is 6. The average Bonchev–Trinajstić information content (AvgIpc) is 3.37. The normalized spacial score (nSPS) is 13.7. The first-order valence-electron chi connectivity index (χ1n) is 10.4. The lowest BCUT2D eigenvalue weighted by Gasteiger charge is -2.16. The van der Waals surface area contributed by atoms with E-state index >= 15 is 0 Å². The lowest BCUT2D eigenvalue weighted by atomic mass is 10.1. The fraction of sp³-hybridized carbons (Fsp3) is 0.273. The molecule has 13 heteroatoms. The topological polar surface area (TPSA) is 111 Å². The van der Waals surface area contributed by atoms with Crippen LogP contribution >= 0.6 is 11.6 Å². The lowest BCUT2D eigenvalue weighted by Crippen LogP contribution is -2.37. The second kappa shape index (κ2) is 9.64. The number of aromatic nitrogens is 6. The van der Waals surface area contributed by atoms with Crippen LogP contribution in [0.1, 0.15) is 24.7 Å². The number of aliphatic hydroxyl groups is 2. The van der Waals surface area contributed by atoms with Crippen molar-refractivity contribution in [3.63, 3.8) is 0 Å². The van der Waals surface area contributed by atoms with Gasteiger partial charge in [0.15, 0.2) is 17.8 Å². The van der Waals surface area contributed by atoms with Crippen molar-refractivity contribution in [2.24, 2.45) is 0 Å². The van der Waals surface area contributed by atoms with E-state index in [1.807, 2.05) is 0 Å². The molecule has 0 saturated carbocycles. The first kappa shape index (κ1) is 24.6. The standard InChI is InChI=1S/C22H20ClF3N6O3/c1-13(33)20-28-19(29-32(20)16-3-2-8-27-9-16)12-30-10-17(14-4-6-15(23)7-5-14)31(21(30)35)11-18(34)22(24,25)26/h2-10,13,18,33-34H,11-12H2,1H3/t13-,18-/m0/s1. The van der Waals surface area contributed by atoms with Gasteiger partial charge in [0.1, 0.15) is 6.10 Å². The van der Waals surface area contributed by atoms with E-state index in [2.05, 4.69) is 15.1 Å². The van der Waals surface area contributed by atoms with Crippen LogP contribution in [0.5, 0.6) is 0 Å². The molecular weight excluding hydrogens is 489 g/mol. The number of alkyl halides is 3. The Morgan fingerprint density at radius 3 is 2.46 bits per heavy atom. The fourth-order valence-corrected chi connectivity index (χ4v) is 3.60. The molecule has 3 heterocycles. The summed E-state index contributed by atoms with van der Waals surface area (Å²) in [7, 11) is 0. The van der Waals surface area contributed by atoms with Gasteiger partial charge in [-0.3, -0.25) is 14.1 Å². The summed E-state index contributed by atoms with van der Waals surface area (Å²) in [4.78, 5) is 21.4. The first-order chi connectivity index (χ1) is 16.5. The highest BCUT2D eigenvalue weighted by molar-refractivity contribution is 6.30. The number of benzene rings is 1. The maximum Gasteiger partial charge on any atom is 0.416 e. The van der Waals surface area contributed by atoms with Crippen molar-refractivity contribution in [2.75, 3.05) is 0 Å². The zero-order chi connectivity index (χ0) is 25.3. The molecule has 3 aromatic heterocycles. The molecule has 0 bridgehead atoms. The molecule has 2 atom stereocenters. The number of nitrogens with zero attached hydrogens (tertiary/aromatic N) is 6. The van der Waals surface area contributed by atoms with Crippen LogP contribution in [-0.4, -0.2) is 51.4 Å². The van der Waals surface area contributed by atoms with E-state index in [1.54, 1.807) is 30.5 Å². The largest absolute Gasteiger partial charge is 0.416 e. The summed E-state index contributed by atoms with van der Waals surface area (Å²) in [5, 5.41) is 24.5. The third-order valence-corrected chi connectivity index (χ3v) is 5.42. The van der Waals surface area contributed by atoms with Crippen molar-refractivity contribution >= 4 is 11.6 Å². The van der Waals surface area contributed by atoms with Crippen LogP contribution in [-0.2, 0) is 13.1 Å². The van der Waals surface area contributed by atoms with Crippen LogP contribution in [0.4, 0.5) is 13.2 Å². The van der Waals surface area contributed by atoms with E-state index in [9.17, 15) is 28.2 Å². The second-order valence-electron chi connectivity index (χ2n) is 7.78. The molecule has 0 aliphatic heterocycles. The summed E-state index contributed by atoms with van der Waals surface area (Å²) < 4.78 is 42.5. The molecule has 35 heavy (non-hydrogen) atoms. The van der Waals surface area contributed by atoms with Gasteiger partial charge in [-0.25, -0.2) is 14.5 Å². The highest BCUT2D eigenvalue weighted by Gasteiger charge is 2.39. The number of hydrogen-bond donors (Lipinski definition) is 2. The molecule has 184 valence electrons. The number of rotatable bonds is 7. The Bertz CT molecular complexity index is 1360. The maximum atomic E-state index is 13.1. The van der Waals surface area contributed by atoms with Gasteiger partial charge < -0.3 is 10.2 Å². The Kier molecular flexibility index (Phi) is 6.79. The van der Waals surface area contributed by atoms with Crippen LogP contribution in [0.2, 0.25) is 5.02 Å². The van der Waals surface area contributed by atoms with E-state index in [1.165, 1.54) is 36.1 Å². The van der Waals surface area contributed by atoms with Crippen LogP contribution in [0.3, 0.4) is 0 Å². The molecule has 0 aliphatic rings. The van der Waals surface area contributed by atoms with Gasteiger partial charge in [0.05, 0.1) is 30.7 Å². The summed E-state index contributed by atoms with van der Waals surface area (Å²) in [5.74, 6) is 0.342. The molecule has 0 radical (unpaired) electrons. The summed E-state index contributed by atoms with van der Waals surface area (Å²) >= 11 is 5.91. The van der Waals surface area contributed by atoms with Crippen LogP contribution in [0.15, 0.2) is 59.8 Å². The van der Waals surface area contributed by atoms with Crippen molar-refractivity contribution in [1.82, 2.24) is 28.9 Å². The van der Waals surface area contributed by atoms with Gasteiger partial charge >= 0.3 is 11.9 Å². The van der Waals surface area contributed by atoms with E-state index in [-0.39, 0.29) is 23.9 Å². The molecule has 9 nitrogen and oxygen atoms in total. The molecule has 4 rings (SSSR count). The second-order valence-corrected chi connectivity index (χ2v) is 8.22. The molecule has 0 saturated heterocycles. The van der Waals surface area contributed by atoms with Gasteiger partial charge in [-0.2, -0.15) is 13.2 Å². The van der Waals surface area contributed by atoms with Gasteiger partial charge in [-0.15, -0.1) is 5.10 Å². The first-order valence-corrected chi connectivity index (χ1v) is 10.8. The van der Waals surface area contributed by atoms with Crippen molar-refractivity contribution < 1.29 is 23.4 Å². The lowest BCUT2D eigenvalue weighted by molar-refractivity contribution is -0.207. The Labute approximate surface area is 201 Å². The van der Waals surface area contributed by atoms with Crippen LogP contribution < -0.4 is 5.69 Å². The van der Waals surface area contributed by atoms with Gasteiger partial charge in [0.2, 0.25) is 0 Å². The van der Waals surface area contributed by atoms with Crippen molar-refractivity contribution in [2.45, 2.75) is 38.4 Å². The van der Waals surface area contributed by atoms with Crippen LogP contribution in [0.25, 0.3) is 16.9 Å². The number of imidazole rings is 1. The fourth-order valence-electron chi connectivity index (χ4n) is 3.48. The Morgan fingerprint density at radius 2 is 1.86 bits per heavy atom. The predicted molar refractivity (Wildman–Crippen MR) is 120 cm³/mol. The van der Waals surface area contributed by atoms with Crippen LogP contribution in [0, 0.1) is 0 Å². The molecule has 0 fully saturated rings.